The van der Waals surface area contributed by atoms with Gasteiger partial charge in [0.25, 0.3) is 0 Å². The van der Waals surface area contributed by atoms with E-state index in [4.69, 9.17) is 9.15 Å². The lowest BCUT2D eigenvalue weighted by Crippen LogP contribution is -2.21. The minimum absolute atomic E-state index is 0.107. The molecule has 0 aliphatic heterocycles. The average Bonchev–Trinajstić information content (AvgIpc) is 2.60. The Morgan fingerprint density at radius 3 is 2.62 bits per heavy atom. The van der Waals surface area contributed by atoms with E-state index in [-0.39, 0.29) is 6.54 Å². The molecule has 0 unspecified atom stereocenters. The van der Waals surface area contributed by atoms with Crippen LogP contribution in [-0.2, 0) is 17.9 Å². The van der Waals surface area contributed by atoms with Gasteiger partial charge in [0.05, 0.1) is 13.0 Å². The fourth-order valence-corrected chi connectivity index (χ4v) is 1.18. The number of methoxy groups -OCH3 is 1. The van der Waals surface area contributed by atoms with Gasteiger partial charge in [0.1, 0.15) is 18.1 Å². The summed E-state index contributed by atoms with van der Waals surface area (Å²) in [6.07, 6.45) is -4.95. The van der Waals surface area contributed by atoms with Gasteiger partial charge >= 0.3 is 6.18 Å². The molecule has 0 aliphatic rings. The van der Waals surface area contributed by atoms with Crippen molar-refractivity contribution >= 4 is 0 Å². The smallest absolute Gasteiger partial charge is 0.390 e. The maximum atomic E-state index is 11.8. The quantitative estimate of drug-likeness (QED) is 0.772. The summed E-state index contributed by atoms with van der Waals surface area (Å²) in [4.78, 5) is 0. The monoisotopic (exact) mass is 237 g/mol. The number of hydrogen-bond donors (Lipinski definition) is 1. The molecule has 16 heavy (non-hydrogen) atoms. The molecule has 1 aromatic heterocycles. The van der Waals surface area contributed by atoms with E-state index in [1.807, 2.05) is 0 Å². The van der Waals surface area contributed by atoms with Crippen molar-refractivity contribution in [1.29, 1.82) is 0 Å². The van der Waals surface area contributed by atoms with Gasteiger partial charge in [-0.1, -0.05) is 0 Å². The first-order chi connectivity index (χ1) is 7.51. The SMILES string of the molecule is COCc1ccc(CNCCC(F)(F)F)o1. The molecule has 1 N–H and O–H groups in total. The average molecular weight is 237 g/mol. The summed E-state index contributed by atoms with van der Waals surface area (Å²) in [5.41, 5.74) is 0. The molecule has 0 atom stereocenters. The Labute approximate surface area is 91.6 Å². The maximum absolute atomic E-state index is 11.8. The van der Waals surface area contributed by atoms with Crippen LogP contribution in [0.15, 0.2) is 16.5 Å². The van der Waals surface area contributed by atoms with Crippen molar-refractivity contribution in [2.75, 3.05) is 13.7 Å². The van der Waals surface area contributed by atoms with E-state index in [1.165, 1.54) is 0 Å². The second-order valence-corrected chi connectivity index (χ2v) is 3.34. The van der Waals surface area contributed by atoms with Crippen LogP contribution in [0.1, 0.15) is 17.9 Å². The van der Waals surface area contributed by atoms with Gasteiger partial charge in [0, 0.05) is 13.7 Å². The lowest BCUT2D eigenvalue weighted by molar-refractivity contribution is -0.133. The third kappa shape index (κ3) is 5.18. The van der Waals surface area contributed by atoms with Crippen LogP contribution >= 0.6 is 0 Å². The minimum Gasteiger partial charge on any atom is -0.462 e. The zero-order chi connectivity index (χ0) is 12.0. The predicted molar refractivity (Wildman–Crippen MR) is 51.8 cm³/mol. The third-order valence-electron chi connectivity index (χ3n) is 1.89. The first kappa shape index (κ1) is 13.1. The van der Waals surface area contributed by atoms with Crippen LogP contribution in [0, 0.1) is 0 Å². The molecule has 1 heterocycles. The molecule has 3 nitrogen and oxygen atoms in total. The zero-order valence-corrected chi connectivity index (χ0v) is 8.93. The Morgan fingerprint density at radius 1 is 1.31 bits per heavy atom. The molecule has 0 aliphatic carbocycles. The highest BCUT2D eigenvalue weighted by Crippen LogP contribution is 2.18. The molecule has 1 rings (SSSR count). The van der Waals surface area contributed by atoms with Gasteiger partial charge in [-0.15, -0.1) is 0 Å². The summed E-state index contributed by atoms with van der Waals surface area (Å²) in [6, 6.07) is 3.46. The van der Waals surface area contributed by atoms with Crippen molar-refractivity contribution in [2.45, 2.75) is 25.7 Å². The molecule has 6 heteroatoms. The number of nitrogens with one attached hydrogen (secondary N) is 1. The summed E-state index contributed by atoms with van der Waals surface area (Å²) in [5, 5.41) is 2.66. The maximum Gasteiger partial charge on any atom is 0.390 e. The first-order valence-electron chi connectivity index (χ1n) is 4.85. The molecule has 0 bridgehead atoms. The zero-order valence-electron chi connectivity index (χ0n) is 8.93. The van der Waals surface area contributed by atoms with E-state index in [0.29, 0.717) is 24.7 Å². The molecule has 92 valence electrons. The molecule has 0 saturated heterocycles. The second kappa shape index (κ2) is 5.91. The van der Waals surface area contributed by atoms with E-state index in [2.05, 4.69) is 5.32 Å². The van der Waals surface area contributed by atoms with Gasteiger partial charge in [-0.2, -0.15) is 13.2 Å². The Bertz CT molecular complexity index is 309. The highest BCUT2D eigenvalue weighted by Gasteiger charge is 2.25. The summed E-state index contributed by atoms with van der Waals surface area (Å²) < 4.78 is 45.6. The van der Waals surface area contributed by atoms with E-state index < -0.39 is 12.6 Å². The van der Waals surface area contributed by atoms with Crippen LogP contribution < -0.4 is 5.32 Å². The minimum atomic E-state index is -4.11. The van der Waals surface area contributed by atoms with Crippen LogP contribution in [0.3, 0.4) is 0 Å². The van der Waals surface area contributed by atoms with Crippen molar-refractivity contribution in [3.8, 4) is 0 Å². The van der Waals surface area contributed by atoms with E-state index in [1.54, 1.807) is 19.2 Å². The van der Waals surface area contributed by atoms with Gasteiger partial charge in [0.15, 0.2) is 0 Å². The van der Waals surface area contributed by atoms with Crippen molar-refractivity contribution in [3.05, 3.63) is 23.7 Å². The molecule has 0 spiro atoms. The van der Waals surface area contributed by atoms with Crippen LogP contribution in [0.25, 0.3) is 0 Å². The van der Waals surface area contributed by atoms with Gasteiger partial charge in [-0.3, -0.25) is 0 Å². The van der Waals surface area contributed by atoms with Crippen molar-refractivity contribution in [2.24, 2.45) is 0 Å². The number of alkyl halides is 3. The van der Waals surface area contributed by atoms with Gasteiger partial charge < -0.3 is 14.5 Å². The number of furan rings is 1. The number of rotatable bonds is 6. The first-order valence-corrected chi connectivity index (χ1v) is 4.85. The lowest BCUT2D eigenvalue weighted by atomic mass is 10.4. The van der Waals surface area contributed by atoms with Crippen LogP contribution in [0.2, 0.25) is 0 Å². The van der Waals surface area contributed by atoms with E-state index in [9.17, 15) is 13.2 Å². The van der Waals surface area contributed by atoms with Crippen molar-refractivity contribution in [1.82, 2.24) is 5.32 Å². The Kier molecular flexibility index (Phi) is 4.82. The van der Waals surface area contributed by atoms with Crippen LogP contribution in [0.4, 0.5) is 13.2 Å². The highest BCUT2D eigenvalue weighted by atomic mass is 19.4. The van der Waals surface area contributed by atoms with Gasteiger partial charge in [-0.05, 0) is 12.1 Å². The molecular weight excluding hydrogens is 223 g/mol. The topological polar surface area (TPSA) is 34.4 Å². The van der Waals surface area contributed by atoms with Crippen molar-refractivity contribution < 1.29 is 22.3 Å². The molecule has 0 amide bonds. The summed E-state index contributed by atoms with van der Waals surface area (Å²) in [7, 11) is 1.55. The van der Waals surface area contributed by atoms with E-state index >= 15 is 0 Å². The fourth-order valence-electron chi connectivity index (χ4n) is 1.18. The number of hydrogen-bond acceptors (Lipinski definition) is 3. The second-order valence-electron chi connectivity index (χ2n) is 3.34. The Balaban J connectivity index is 2.21. The molecule has 0 aromatic carbocycles. The normalized spacial score (nSPS) is 12.0. The fraction of sp³-hybridized carbons (Fsp3) is 0.600. The molecule has 0 radical (unpaired) electrons. The molecular formula is C10H14F3NO2. The third-order valence-corrected chi connectivity index (χ3v) is 1.89. The standard InChI is InChI=1S/C10H14F3NO2/c1-15-7-9-3-2-8(16-9)6-14-5-4-10(11,12)13/h2-3,14H,4-7H2,1H3. The summed E-state index contributed by atoms with van der Waals surface area (Å²) in [5.74, 6) is 1.27. The predicted octanol–water partition coefficient (Wildman–Crippen LogP) is 2.47. The molecule has 0 fully saturated rings. The van der Waals surface area contributed by atoms with E-state index in [0.717, 1.165) is 0 Å². The molecule has 0 saturated carbocycles. The Hall–Kier alpha value is -1.01. The number of halogens is 3. The summed E-state index contributed by atoms with van der Waals surface area (Å²) in [6.45, 7) is 0.548. The van der Waals surface area contributed by atoms with Crippen LogP contribution in [0.5, 0.6) is 0 Å². The summed E-state index contributed by atoms with van der Waals surface area (Å²) >= 11 is 0. The lowest BCUT2D eigenvalue weighted by Gasteiger charge is -2.06. The van der Waals surface area contributed by atoms with Gasteiger partial charge in [-0.25, -0.2) is 0 Å². The highest BCUT2D eigenvalue weighted by molar-refractivity contribution is 5.06. The van der Waals surface area contributed by atoms with Crippen molar-refractivity contribution in [3.63, 3.8) is 0 Å². The van der Waals surface area contributed by atoms with Crippen LogP contribution in [-0.4, -0.2) is 19.8 Å². The molecule has 1 aromatic rings. The number of ether oxygens (including phenoxy) is 1. The largest absolute Gasteiger partial charge is 0.462 e. The Morgan fingerprint density at radius 2 is 2.00 bits per heavy atom. The van der Waals surface area contributed by atoms with Gasteiger partial charge in [0.2, 0.25) is 0 Å².